The predicted molar refractivity (Wildman–Crippen MR) is 34.9 cm³/mol. The lowest BCUT2D eigenvalue weighted by Crippen LogP contribution is -2.47. The van der Waals surface area contributed by atoms with Gasteiger partial charge in [-0.2, -0.15) is 0 Å². The average molecular weight is 145 g/mol. The Morgan fingerprint density at radius 2 is 2.30 bits per heavy atom. The van der Waals surface area contributed by atoms with Gasteiger partial charge in [-0.1, -0.05) is 0 Å². The zero-order valence-corrected chi connectivity index (χ0v) is 5.70. The highest BCUT2D eigenvalue weighted by Crippen LogP contribution is 2.21. The fourth-order valence-corrected chi connectivity index (χ4v) is 0.903. The number of hydrogen-bond donors (Lipinski definition) is 4. The molecular weight excluding hydrogens is 134 g/mol. The van der Waals surface area contributed by atoms with Gasteiger partial charge < -0.3 is 20.6 Å². The summed E-state index contributed by atoms with van der Waals surface area (Å²) in [7, 11) is 0. The molecule has 4 nitrogen and oxygen atoms in total. The molecule has 10 heavy (non-hydrogen) atoms. The SMILES string of the molecule is CC1=CNC(CO)C1(O)O. The molecule has 0 aromatic heterocycles. The van der Waals surface area contributed by atoms with Crippen LogP contribution in [0.25, 0.3) is 0 Å². The van der Waals surface area contributed by atoms with Crippen LogP contribution in [-0.4, -0.2) is 33.8 Å². The van der Waals surface area contributed by atoms with E-state index >= 15 is 0 Å². The Labute approximate surface area is 58.8 Å². The van der Waals surface area contributed by atoms with Gasteiger partial charge in [0.15, 0.2) is 0 Å². The minimum Gasteiger partial charge on any atom is -0.394 e. The molecule has 0 amide bonds. The smallest absolute Gasteiger partial charge is 0.210 e. The lowest BCUT2D eigenvalue weighted by atomic mass is 10.1. The zero-order valence-electron chi connectivity index (χ0n) is 5.70. The van der Waals surface area contributed by atoms with Crippen molar-refractivity contribution in [2.75, 3.05) is 6.61 Å². The van der Waals surface area contributed by atoms with Gasteiger partial charge in [0.2, 0.25) is 5.79 Å². The van der Waals surface area contributed by atoms with E-state index in [1.54, 1.807) is 6.92 Å². The van der Waals surface area contributed by atoms with Crippen LogP contribution < -0.4 is 5.32 Å². The van der Waals surface area contributed by atoms with E-state index in [1.807, 2.05) is 0 Å². The van der Waals surface area contributed by atoms with Crippen molar-refractivity contribution < 1.29 is 15.3 Å². The molecule has 1 aliphatic heterocycles. The second-order valence-corrected chi connectivity index (χ2v) is 2.46. The Morgan fingerprint density at radius 1 is 1.70 bits per heavy atom. The first-order chi connectivity index (χ1) is 4.59. The van der Waals surface area contributed by atoms with Crippen molar-refractivity contribution in [3.8, 4) is 0 Å². The van der Waals surface area contributed by atoms with E-state index in [4.69, 9.17) is 5.11 Å². The number of aliphatic hydroxyl groups excluding tert-OH is 1. The first kappa shape index (κ1) is 7.53. The Morgan fingerprint density at radius 3 is 2.50 bits per heavy atom. The van der Waals surface area contributed by atoms with Gasteiger partial charge in [-0.25, -0.2) is 0 Å². The topological polar surface area (TPSA) is 72.7 Å². The molecular formula is C6H11NO3. The van der Waals surface area contributed by atoms with Crippen LogP contribution in [-0.2, 0) is 0 Å². The Balaban J connectivity index is 2.74. The third-order valence-corrected chi connectivity index (χ3v) is 1.75. The highest BCUT2D eigenvalue weighted by molar-refractivity contribution is 5.19. The van der Waals surface area contributed by atoms with Crippen molar-refractivity contribution in [2.24, 2.45) is 0 Å². The maximum atomic E-state index is 9.19. The van der Waals surface area contributed by atoms with Crippen LogP contribution in [0.1, 0.15) is 6.92 Å². The summed E-state index contributed by atoms with van der Waals surface area (Å²) in [4.78, 5) is 0. The van der Waals surface area contributed by atoms with Crippen LogP contribution in [0.2, 0.25) is 0 Å². The molecule has 0 saturated carbocycles. The van der Waals surface area contributed by atoms with E-state index in [1.165, 1.54) is 6.20 Å². The molecule has 0 bridgehead atoms. The second kappa shape index (κ2) is 2.23. The van der Waals surface area contributed by atoms with E-state index in [9.17, 15) is 10.2 Å². The predicted octanol–water partition coefficient (Wildman–Crippen LogP) is -1.46. The highest BCUT2D eigenvalue weighted by atomic mass is 16.5. The maximum absolute atomic E-state index is 9.19. The van der Waals surface area contributed by atoms with Crippen molar-refractivity contribution in [3.05, 3.63) is 11.8 Å². The summed E-state index contributed by atoms with van der Waals surface area (Å²) in [6.45, 7) is 1.30. The van der Waals surface area contributed by atoms with Crippen molar-refractivity contribution >= 4 is 0 Å². The van der Waals surface area contributed by atoms with E-state index in [0.29, 0.717) is 5.57 Å². The Bertz CT molecular complexity index is 164. The van der Waals surface area contributed by atoms with Gasteiger partial charge in [0.25, 0.3) is 0 Å². The summed E-state index contributed by atoms with van der Waals surface area (Å²) in [5.41, 5.74) is 0.423. The number of nitrogens with one attached hydrogen (secondary N) is 1. The summed E-state index contributed by atoms with van der Waals surface area (Å²) in [5.74, 6) is -1.88. The molecule has 1 atom stereocenters. The van der Waals surface area contributed by atoms with E-state index in [-0.39, 0.29) is 6.61 Å². The first-order valence-electron chi connectivity index (χ1n) is 3.08. The average Bonchev–Trinajstić information content (AvgIpc) is 2.10. The van der Waals surface area contributed by atoms with Crippen LogP contribution in [0.15, 0.2) is 11.8 Å². The van der Waals surface area contributed by atoms with Gasteiger partial charge in [0, 0.05) is 11.8 Å². The lowest BCUT2D eigenvalue weighted by Gasteiger charge is -2.23. The fourth-order valence-electron chi connectivity index (χ4n) is 0.903. The summed E-state index contributed by atoms with van der Waals surface area (Å²) < 4.78 is 0. The van der Waals surface area contributed by atoms with Gasteiger partial charge in [-0.3, -0.25) is 0 Å². The van der Waals surface area contributed by atoms with E-state index in [0.717, 1.165) is 0 Å². The Hall–Kier alpha value is -0.580. The molecule has 0 aromatic carbocycles. The minimum absolute atomic E-state index is 0.291. The van der Waals surface area contributed by atoms with Crippen molar-refractivity contribution in [1.82, 2.24) is 5.32 Å². The van der Waals surface area contributed by atoms with E-state index < -0.39 is 11.8 Å². The molecule has 0 aromatic rings. The normalized spacial score (nSPS) is 29.6. The van der Waals surface area contributed by atoms with Crippen molar-refractivity contribution in [1.29, 1.82) is 0 Å². The van der Waals surface area contributed by atoms with Crippen LogP contribution in [0, 0.1) is 0 Å². The van der Waals surface area contributed by atoms with Crippen molar-refractivity contribution in [2.45, 2.75) is 18.8 Å². The number of aliphatic hydroxyl groups is 3. The van der Waals surface area contributed by atoms with Crippen LogP contribution in [0.3, 0.4) is 0 Å². The minimum atomic E-state index is -1.88. The molecule has 0 saturated heterocycles. The van der Waals surface area contributed by atoms with Gasteiger partial charge in [-0.05, 0) is 6.92 Å². The van der Waals surface area contributed by atoms with Crippen LogP contribution >= 0.6 is 0 Å². The molecule has 1 aliphatic rings. The molecule has 4 N–H and O–H groups in total. The monoisotopic (exact) mass is 145 g/mol. The van der Waals surface area contributed by atoms with Crippen LogP contribution in [0.5, 0.6) is 0 Å². The standard InChI is InChI=1S/C6H11NO3/c1-4-2-7-5(3-8)6(4,9)10/h2,5,7-10H,3H2,1H3. The molecule has 0 spiro atoms. The quantitative estimate of drug-likeness (QED) is 0.340. The molecule has 0 aliphatic carbocycles. The summed E-state index contributed by atoms with van der Waals surface area (Å²) >= 11 is 0. The molecule has 0 fully saturated rings. The second-order valence-electron chi connectivity index (χ2n) is 2.46. The first-order valence-corrected chi connectivity index (χ1v) is 3.08. The fraction of sp³-hybridized carbons (Fsp3) is 0.667. The zero-order chi connectivity index (χ0) is 7.78. The lowest BCUT2D eigenvalue weighted by molar-refractivity contribution is -0.148. The number of rotatable bonds is 1. The summed E-state index contributed by atoms with van der Waals surface area (Å²) in [6.07, 6.45) is 1.49. The number of hydrogen-bond acceptors (Lipinski definition) is 4. The Kier molecular flexibility index (Phi) is 1.68. The molecule has 1 heterocycles. The third-order valence-electron chi connectivity index (χ3n) is 1.75. The van der Waals surface area contributed by atoms with Gasteiger partial charge in [0.1, 0.15) is 6.04 Å². The van der Waals surface area contributed by atoms with Gasteiger partial charge in [-0.15, -0.1) is 0 Å². The highest BCUT2D eigenvalue weighted by Gasteiger charge is 2.39. The summed E-state index contributed by atoms with van der Waals surface area (Å²) in [5, 5.41) is 29.6. The van der Waals surface area contributed by atoms with Gasteiger partial charge in [0.05, 0.1) is 6.61 Å². The molecule has 4 heteroatoms. The summed E-state index contributed by atoms with van der Waals surface area (Å²) in [6, 6.07) is -0.688. The molecule has 58 valence electrons. The molecule has 1 rings (SSSR count). The van der Waals surface area contributed by atoms with Crippen LogP contribution in [0.4, 0.5) is 0 Å². The molecule has 1 unspecified atom stereocenters. The molecule has 0 radical (unpaired) electrons. The maximum Gasteiger partial charge on any atom is 0.210 e. The van der Waals surface area contributed by atoms with Gasteiger partial charge >= 0.3 is 0 Å². The third kappa shape index (κ3) is 0.901. The largest absolute Gasteiger partial charge is 0.394 e. The van der Waals surface area contributed by atoms with E-state index in [2.05, 4.69) is 5.32 Å². The van der Waals surface area contributed by atoms with Crippen molar-refractivity contribution in [3.63, 3.8) is 0 Å².